The maximum Gasteiger partial charge on any atom is 0.220 e. The first-order valence-electron chi connectivity index (χ1n) is 10.8. The summed E-state index contributed by atoms with van der Waals surface area (Å²) in [4.78, 5) is 23.8. The van der Waals surface area contributed by atoms with E-state index in [-0.39, 0.29) is 34.8 Å². The maximum absolute atomic E-state index is 12.0. The van der Waals surface area contributed by atoms with Gasteiger partial charge in [0.05, 0.1) is 6.10 Å². The third kappa shape index (κ3) is 2.94. The molecule has 28 heavy (non-hydrogen) atoms. The number of nitrogens with one attached hydrogen (secondary N) is 2. The molecule has 0 saturated heterocycles. The molecule has 154 valence electrons. The van der Waals surface area contributed by atoms with Gasteiger partial charge in [-0.2, -0.15) is 0 Å². The number of hydrogen-bond acceptors (Lipinski definition) is 3. The molecular formula is C23H34N2O3. The summed E-state index contributed by atoms with van der Waals surface area (Å²) in [7, 11) is 0. The van der Waals surface area contributed by atoms with Crippen LogP contribution in [0.1, 0.15) is 66.2 Å². The van der Waals surface area contributed by atoms with Crippen LogP contribution in [0.5, 0.6) is 0 Å². The second-order valence-corrected chi connectivity index (χ2v) is 10.0. The minimum atomic E-state index is -0.386. The molecule has 2 saturated carbocycles. The minimum absolute atomic E-state index is 0.0135. The van der Waals surface area contributed by atoms with Gasteiger partial charge in [0.25, 0.3) is 0 Å². The van der Waals surface area contributed by atoms with Gasteiger partial charge in [0.15, 0.2) is 0 Å². The summed E-state index contributed by atoms with van der Waals surface area (Å²) < 4.78 is 0. The number of hydrogen-bond donors (Lipinski definition) is 3. The van der Waals surface area contributed by atoms with Crippen LogP contribution in [0.4, 0.5) is 0 Å². The first-order valence-corrected chi connectivity index (χ1v) is 10.8. The van der Waals surface area contributed by atoms with E-state index in [1.807, 2.05) is 6.08 Å². The van der Waals surface area contributed by atoms with Crippen LogP contribution in [-0.2, 0) is 9.59 Å². The number of fused-ring (bicyclic) bond motifs is 5. The predicted molar refractivity (Wildman–Crippen MR) is 108 cm³/mol. The minimum Gasteiger partial charge on any atom is -0.389 e. The number of aliphatic hydroxyl groups is 1. The van der Waals surface area contributed by atoms with E-state index in [2.05, 4.69) is 30.6 Å². The van der Waals surface area contributed by atoms with Gasteiger partial charge >= 0.3 is 0 Å². The quantitative estimate of drug-likeness (QED) is 0.638. The van der Waals surface area contributed by atoms with Crippen molar-refractivity contribution in [3.63, 3.8) is 0 Å². The van der Waals surface area contributed by atoms with E-state index >= 15 is 0 Å². The Morgan fingerprint density at radius 2 is 1.86 bits per heavy atom. The molecular weight excluding hydrogens is 352 g/mol. The summed E-state index contributed by atoms with van der Waals surface area (Å²) in [5.74, 6) is 1.17. The Hall–Kier alpha value is -1.62. The van der Waals surface area contributed by atoms with Gasteiger partial charge in [0.1, 0.15) is 0 Å². The van der Waals surface area contributed by atoms with E-state index in [4.69, 9.17) is 0 Å². The lowest BCUT2D eigenvalue weighted by Gasteiger charge is -2.56. The molecule has 3 N–H and O–H groups in total. The van der Waals surface area contributed by atoms with Crippen molar-refractivity contribution in [2.45, 2.75) is 78.4 Å². The van der Waals surface area contributed by atoms with E-state index in [1.54, 1.807) is 13.8 Å². The Morgan fingerprint density at radius 1 is 1.11 bits per heavy atom. The Balaban J connectivity index is 1.77. The first-order chi connectivity index (χ1) is 13.1. The molecule has 0 aromatic heterocycles. The Bertz CT molecular complexity index is 757. The molecule has 0 heterocycles. The monoisotopic (exact) mass is 386 g/mol. The molecule has 4 aliphatic carbocycles. The van der Waals surface area contributed by atoms with Gasteiger partial charge < -0.3 is 15.7 Å². The van der Waals surface area contributed by atoms with Crippen LogP contribution in [0.15, 0.2) is 23.4 Å². The zero-order valence-electron chi connectivity index (χ0n) is 17.5. The molecule has 0 aliphatic heterocycles. The van der Waals surface area contributed by atoms with E-state index in [1.165, 1.54) is 5.57 Å². The van der Waals surface area contributed by atoms with E-state index in [0.717, 1.165) is 44.2 Å². The van der Waals surface area contributed by atoms with Crippen molar-refractivity contribution in [3.8, 4) is 0 Å². The molecule has 2 amide bonds. The van der Waals surface area contributed by atoms with Gasteiger partial charge in [-0.15, -0.1) is 0 Å². The molecule has 0 spiro atoms. The lowest BCUT2D eigenvalue weighted by atomic mass is 9.49. The van der Waals surface area contributed by atoms with Crippen molar-refractivity contribution < 1.29 is 14.7 Å². The SMILES string of the molecule is CC(=O)NC1=C2[C@@H](CC[C@]3(C)C(NC(C)=O)CC[C@@H]23)[C@@]2(C)C=CC(O)CC2C1. The Morgan fingerprint density at radius 3 is 2.54 bits per heavy atom. The van der Waals surface area contributed by atoms with Crippen molar-refractivity contribution in [2.24, 2.45) is 28.6 Å². The second-order valence-electron chi connectivity index (χ2n) is 10.0. The van der Waals surface area contributed by atoms with Crippen LogP contribution >= 0.6 is 0 Å². The average Bonchev–Trinajstić information content (AvgIpc) is 2.92. The predicted octanol–water partition coefficient (Wildman–Crippen LogP) is 3.05. The second kappa shape index (κ2) is 6.72. The maximum atomic E-state index is 12.0. The highest BCUT2D eigenvalue weighted by atomic mass is 16.3. The van der Waals surface area contributed by atoms with Crippen LogP contribution < -0.4 is 10.6 Å². The zero-order valence-corrected chi connectivity index (χ0v) is 17.5. The largest absolute Gasteiger partial charge is 0.389 e. The van der Waals surface area contributed by atoms with Gasteiger partial charge in [0.2, 0.25) is 11.8 Å². The fraction of sp³-hybridized carbons (Fsp3) is 0.739. The Labute approximate surface area is 168 Å². The molecule has 4 aliphatic rings. The lowest BCUT2D eigenvalue weighted by molar-refractivity contribution is -0.120. The van der Waals surface area contributed by atoms with Crippen LogP contribution in [0.25, 0.3) is 0 Å². The average molecular weight is 387 g/mol. The number of amides is 2. The van der Waals surface area contributed by atoms with Crippen molar-refractivity contribution >= 4 is 11.8 Å². The topological polar surface area (TPSA) is 78.4 Å². The van der Waals surface area contributed by atoms with E-state index in [9.17, 15) is 14.7 Å². The molecule has 5 nitrogen and oxygen atoms in total. The summed E-state index contributed by atoms with van der Waals surface area (Å²) >= 11 is 0. The normalized spacial score (nSPS) is 44.4. The van der Waals surface area contributed by atoms with E-state index in [0.29, 0.717) is 17.8 Å². The molecule has 2 fully saturated rings. The van der Waals surface area contributed by atoms with Gasteiger partial charge in [-0.1, -0.05) is 26.0 Å². The van der Waals surface area contributed by atoms with Crippen molar-refractivity contribution in [1.82, 2.24) is 10.6 Å². The molecule has 3 unspecified atom stereocenters. The van der Waals surface area contributed by atoms with Crippen molar-refractivity contribution in [3.05, 3.63) is 23.4 Å². The van der Waals surface area contributed by atoms with Gasteiger partial charge in [-0.3, -0.25) is 9.59 Å². The molecule has 0 radical (unpaired) electrons. The highest BCUT2D eigenvalue weighted by molar-refractivity contribution is 5.75. The molecule has 7 atom stereocenters. The van der Waals surface area contributed by atoms with Gasteiger partial charge in [0, 0.05) is 25.6 Å². The molecule has 0 aromatic carbocycles. The van der Waals surface area contributed by atoms with Crippen LogP contribution in [0.2, 0.25) is 0 Å². The highest BCUT2D eigenvalue weighted by Crippen LogP contribution is 2.64. The highest BCUT2D eigenvalue weighted by Gasteiger charge is 2.58. The number of carbonyl (C=O) groups is 2. The van der Waals surface area contributed by atoms with Crippen LogP contribution in [-0.4, -0.2) is 29.1 Å². The third-order valence-corrected chi connectivity index (χ3v) is 8.40. The zero-order chi connectivity index (χ0) is 20.3. The first kappa shape index (κ1) is 19.7. The van der Waals surface area contributed by atoms with Crippen LogP contribution in [0.3, 0.4) is 0 Å². The fourth-order valence-electron chi connectivity index (χ4n) is 6.98. The van der Waals surface area contributed by atoms with Gasteiger partial charge in [-0.05, 0) is 72.7 Å². The van der Waals surface area contributed by atoms with Crippen molar-refractivity contribution in [1.29, 1.82) is 0 Å². The number of rotatable bonds is 2. The summed E-state index contributed by atoms with van der Waals surface area (Å²) in [5, 5.41) is 16.6. The molecule has 5 heteroatoms. The fourth-order valence-corrected chi connectivity index (χ4v) is 6.98. The standard InChI is InChI=1S/C23H34N2O3/c1-13(26)24-19-12-15-11-16(28)7-9-22(15,3)18-8-10-23(4)17(21(18)19)5-6-20(23)25-14(2)27/h7,9,15-18,20,28H,5-6,8,10-12H2,1-4H3,(H,24,26)(H,25,27)/t15?,16?,17-,18+,20?,22-,23-/m0/s1. The smallest absolute Gasteiger partial charge is 0.220 e. The molecule has 4 rings (SSSR count). The third-order valence-electron chi connectivity index (χ3n) is 8.40. The van der Waals surface area contributed by atoms with Gasteiger partial charge in [-0.25, -0.2) is 0 Å². The summed E-state index contributed by atoms with van der Waals surface area (Å²) in [6, 6.07) is 0.205. The van der Waals surface area contributed by atoms with E-state index < -0.39 is 0 Å². The summed E-state index contributed by atoms with van der Waals surface area (Å²) in [5.41, 5.74) is 2.60. The number of aliphatic hydroxyl groups excluding tert-OH is 1. The summed E-state index contributed by atoms with van der Waals surface area (Å²) in [6.07, 6.45) is 9.63. The van der Waals surface area contributed by atoms with Crippen LogP contribution in [0, 0.1) is 28.6 Å². The summed E-state index contributed by atoms with van der Waals surface area (Å²) in [6.45, 7) is 7.87. The molecule has 0 bridgehead atoms. The molecule has 0 aromatic rings. The van der Waals surface area contributed by atoms with Crippen molar-refractivity contribution in [2.75, 3.05) is 0 Å². The number of allylic oxidation sites excluding steroid dienone is 3. The Kier molecular flexibility index (Phi) is 4.72. The number of carbonyl (C=O) groups excluding carboxylic acids is 2. The lowest BCUT2D eigenvalue weighted by Crippen LogP contribution is -2.53.